The summed E-state index contributed by atoms with van der Waals surface area (Å²) in [4.78, 5) is 11.7. The first-order valence-corrected chi connectivity index (χ1v) is 8.43. The first-order valence-electron chi connectivity index (χ1n) is 6.18. The number of rotatable bonds is 4. The predicted molar refractivity (Wildman–Crippen MR) is 72.8 cm³/mol. The first-order chi connectivity index (χ1) is 8.89. The molecular formula is C12H17NO4S2. The molecule has 1 aromatic rings. The molecule has 1 aliphatic rings. The summed E-state index contributed by atoms with van der Waals surface area (Å²) in [5.74, 6) is -0.946. The van der Waals surface area contributed by atoms with Crippen LogP contribution >= 0.6 is 11.3 Å². The summed E-state index contributed by atoms with van der Waals surface area (Å²) < 4.78 is 26.6. The van der Waals surface area contributed by atoms with Crippen molar-refractivity contribution in [2.24, 2.45) is 5.92 Å². The fourth-order valence-electron chi connectivity index (χ4n) is 2.34. The summed E-state index contributed by atoms with van der Waals surface area (Å²) in [6.07, 6.45) is 1.54. The number of carboxylic acids is 1. The molecule has 7 heteroatoms. The van der Waals surface area contributed by atoms with Gasteiger partial charge in [0.25, 0.3) is 10.0 Å². The van der Waals surface area contributed by atoms with Crippen LogP contribution in [0.4, 0.5) is 0 Å². The number of aliphatic carboxylic acids is 1. The molecule has 0 amide bonds. The monoisotopic (exact) mass is 303 g/mol. The highest BCUT2D eigenvalue weighted by Crippen LogP contribution is 2.29. The van der Waals surface area contributed by atoms with Crippen molar-refractivity contribution in [2.75, 3.05) is 13.1 Å². The van der Waals surface area contributed by atoms with E-state index < -0.39 is 16.0 Å². The van der Waals surface area contributed by atoms with Gasteiger partial charge in [-0.15, -0.1) is 11.3 Å². The third-order valence-corrected chi connectivity index (χ3v) is 6.59. The second-order valence-corrected chi connectivity index (χ2v) is 8.29. The van der Waals surface area contributed by atoms with Crippen LogP contribution < -0.4 is 0 Å². The van der Waals surface area contributed by atoms with E-state index in [9.17, 15) is 13.2 Å². The van der Waals surface area contributed by atoms with Gasteiger partial charge in [-0.2, -0.15) is 4.31 Å². The molecule has 1 aromatic heterocycles. The summed E-state index contributed by atoms with van der Waals surface area (Å²) >= 11 is 1.26. The van der Waals surface area contributed by atoms with Gasteiger partial charge in [0.05, 0.1) is 0 Å². The number of aryl methyl sites for hydroxylation is 1. The summed E-state index contributed by atoms with van der Waals surface area (Å²) in [5, 5.41) is 8.81. The molecule has 1 unspecified atom stereocenters. The highest BCUT2D eigenvalue weighted by Gasteiger charge is 2.31. The molecule has 0 radical (unpaired) electrons. The number of hydrogen-bond donors (Lipinski definition) is 1. The summed E-state index contributed by atoms with van der Waals surface area (Å²) in [5.41, 5.74) is 0. The first kappa shape index (κ1) is 14.5. The number of thiophene rings is 1. The van der Waals surface area contributed by atoms with Crippen LogP contribution in [0.2, 0.25) is 0 Å². The molecule has 1 fully saturated rings. The minimum Gasteiger partial charge on any atom is -0.481 e. The Bertz CT molecular complexity index is 564. The molecule has 0 spiro atoms. The lowest BCUT2D eigenvalue weighted by atomic mass is 9.96. The Morgan fingerprint density at radius 3 is 2.84 bits per heavy atom. The molecule has 0 bridgehead atoms. The maximum atomic E-state index is 12.4. The van der Waals surface area contributed by atoms with Crippen molar-refractivity contribution in [2.45, 2.75) is 30.4 Å². The van der Waals surface area contributed by atoms with Gasteiger partial charge in [0.2, 0.25) is 0 Å². The van der Waals surface area contributed by atoms with Gasteiger partial charge in [-0.3, -0.25) is 4.79 Å². The SMILES string of the molecule is Cc1ccc(S(=O)(=O)N2CCCC(CC(=O)O)C2)s1. The molecule has 0 saturated carbocycles. The second-order valence-electron chi connectivity index (χ2n) is 4.83. The van der Waals surface area contributed by atoms with Crippen LogP contribution in [0.5, 0.6) is 0 Å². The van der Waals surface area contributed by atoms with Crippen molar-refractivity contribution in [1.82, 2.24) is 4.31 Å². The molecule has 0 aliphatic carbocycles. The number of piperidine rings is 1. The Kier molecular flexibility index (Phi) is 4.27. The molecule has 1 N–H and O–H groups in total. The fourth-order valence-corrected chi connectivity index (χ4v) is 5.33. The van der Waals surface area contributed by atoms with E-state index in [4.69, 9.17) is 5.11 Å². The molecule has 1 atom stereocenters. The number of carboxylic acid groups (broad SMARTS) is 1. The molecule has 2 heterocycles. The molecule has 1 aliphatic heterocycles. The van der Waals surface area contributed by atoms with E-state index in [0.29, 0.717) is 17.3 Å². The number of carbonyl (C=O) groups is 1. The molecule has 2 rings (SSSR count). The summed E-state index contributed by atoms with van der Waals surface area (Å²) in [6, 6.07) is 3.41. The number of nitrogens with zero attached hydrogens (tertiary/aromatic N) is 1. The van der Waals surface area contributed by atoms with E-state index >= 15 is 0 Å². The maximum Gasteiger partial charge on any atom is 0.303 e. The van der Waals surface area contributed by atoms with E-state index in [-0.39, 0.29) is 12.3 Å². The second kappa shape index (κ2) is 5.60. The molecular weight excluding hydrogens is 286 g/mol. The molecule has 106 valence electrons. The highest BCUT2D eigenvalue weighted by atomic mass is 32.2. The number of sulfonamides is 1. The van der Waals surface area contributed by atoms with E-state index in [0.717, 1.165) is 17.7 Å². The minimum absolute atomic E-state index is 0.0372. The maximum absolute atomic E-state index is 12.4. The van der Waals surface area contributed by atoms with E-state index in [1.807, 2.05) is 6.92 Å². The topological polar surface area (TPSA) is 74.7 Å². The van der Waals surface area contributed by atoms with Gasteiger partial charge in [0.15, 0.2) is 0 Å². The Balaban J connectivity index is 2.14. The van der Waals surface area contributed by atoms with E-state index in [1.165, 1.54) is 15.6 Å². The van der Waals surface area contributed by atoms with Crippen molar-refractivity contribution < 1.29 is 18.3 Å². The van der Waals surface area contributed by atoms with Crippen LogP contribution in [0.3, 0.4) is 0 Å². The van der Waals surface area contributed by atoms with Crippen molar-refractivity contribution in [1.29, 1.82) is 0 Å². The predicted octanol–water partition coefficient (Wildman–Crippen LogP) is 1.93. The van der Waals surface area contributed by atoms with Crippen LogP contribution in [0.15, 0.2) is 16.3 Å². The number of hydrogen-bond acceptors (Lipinski definition) is 4. The van der Waals surface area contributed by atoms with Crippen molar-refractivity contribution >= 4 is 27.3 Å². The van der Waals surface area contributed by atoms with Gasteiger partial charge in [-0.1, -0.05) is 0 Å². The average molecular weight is 303 g/mol. The molecule has 1 saturated heterocycles. The summed E-state index contributed by atoms with van der Waals surface area (Å²) in [7, 11) is -3.45. The Morgan fingerprint density at radius 1 is 1.53 bits per heavy atom. The zero-order chi connectivity index (χ0) is 14.0. The zero-order valence-corrected chi connectivity index (χ0v) is 12.3. The van der Waals surface area contributed by atoms with E-state index in [2.05, 4.69) is 0 Å². The van der Waals surface area contributed by atoms with Crippen LogP contribution in [-0.2, 0) is 14.8 Å². The van der Waals surface area contributed by atoms with Crippen molar-refractivity contribution in [3.8, 4) is 0 Å². The molecule has 5 nitrogen and oxygen atoms in total. The fraction of sp³-hybridized carbons (Fsp3) is 0.583. The largest absolute Gasteiger partial charge is 0.481 e. The Morgan fingerprint density at radius 2 is 2.26 bits per heavy atom. The lowest BCUT2D eigenvalue weighted by Crippen LogP contribution is -2.40. The van der Waals surface area contributed by atoms with Gasteiger partial charge in [0.1, 0.15) is 4.21 Å². The average Bonchev–Trinajstić information content (AvgIpc) is 2.76. The van der Waals surface area contributed by atoms with Gasteiger partial charge < -0.3 is 5.11 Å². The van der Waals surface area contributed by atoms with Crippen LogP contribution in [0.1, 0.15) is 24.1 Å². The normalized spacial score (nSPS) is 21.4. The minimum atomic E-state index is -3.45. The molecule has 0 aromatic carbocycles. The Hall–Kier alpha value is -0.920. The van der Waals surface area contributed by atoms with Crippen LogP contribution in [0.25, 0.3) is 0 Å². The van der Waals surface area contributed by atoms with Crippen LogP contribution in [-0.4, -0.2) is 36.9 Å². The van der Waals surface area contributed by atoms with Gasteiger partial charge >= 0.3 is 5.97 Å². The van der Waals surface area contributed by atoms with E-state index in [1.54, 1.807) is 12.1 Å². The lowest BCUT2D eigenvalue weighted by molar-refractivity contribution is -0.138. The highest BCUT2D eigenvalue weighted by molar-refractivity contribution is 7.91. The molecule has 19 heavy (non-hydrogen) atoms. The van der Waals surface area contributed by atoms with Gasteiger partial charge in [0, 0.05) is 24.4 Å². The zero-order valence-electron chi connectivity index (χ0n) is 10.7. The van der Waals surface area contributed by atoms with Crippen molar-refractivity contribution in [3.05, 3.63) is 17.0 Å². The van der Waals surface area contributed by atoms with Crippen LogP contribution in [0, 0.1) is 12.8 Å². The van der Waals surface area contributed by atoms with Crippen molar-refractivity contribution in [3.63, 3.8) is 0 Å². The summed E-state index contributed by atoms with van der Waals surface area (Å²) in [6.45, 7) is 2.66. The lowest BCUT2D eigenvalue weighted by Gasteiger charge is -2.30. The van der Waals surface area contributed by atoms with Gasteiger partial charge in [-0.25, -0.2) is 8.42 Å². The third-order valence-electron chi connectivity index (χ3n) is 3.25. The van der Waals surface area contributed by atoms with Gasteiger partial charge in [-0.05, 0) is 37.8 Å². The standard InChI is InChI=1S/C12H17NO4S2/c1-9-4-5-12(18-9)19(16,17)13-6-2-3-10(8-13)7-11(14)15/h4-5,10H,2-3,6-8H2,1H3,(H,14,15). The third kappa shape index (κ3) is 3.34. The smallest absolute Gasteiger partial charge is 0.303 e. The Labute approximate surface area is 116 Å². The quantitative estimate of drug-likeness (QED) is 0.922.